The molecule has 0 aliphatic heterocycles. The average Bonchev–Trinajstić information content (AvgIpc) is 2.17. The van der Waals surface area contributed by atoms with E-state index in [4.69, 9.17) is 5.11 Å². The summed E-state index contributed by atoms with van der Waals surface area (Å²) in [5, 5.41) is 8.78. The van der Waals surface area contributed by atoms with Crippen molar-refractivity contribution < 1.29 is 5.11 Å². The summed E-state index contributed by atoms with van der Waals surface area (Å²) in [6.45, 7) is 0.299. The molecule has 0 atom stereocenters. The van der Waals surface area contributed by atoms with E-state index in [1.54, 1.807) is 0 Å². The molecule has 1 nitrogen and oxygen atoms in total. The summed E-state index contributed by atoms with van der Waals surface area (Å²) in [5.74, 6) is 0. The summed E-state index contributed by atoms with van der Waals surface area (Å²) < 4.78 is 0.104. The first-order valence-electron chi connectivity index (χ1n) is 3.07. The highest BCUT2D eigenvalue weighted by Gasteiger charge is 2.29. The molecule has 1 N–H and O–H groups in total. The van der Waals surface area contributed by atoms with Gasteiger partial charge in [-0.15, -0.1) is 0 Å². The van der Waals surface area contributed by atoms with Crippen LogP contribution in [0.1, 0.15) is 25.7 Å². The number of alkyl halides is 1. The van der Waals surface area contributed by atoms with Gasteiger partial charge in [0.05, 0.1) is 6.61 Å². The quantitative estimate of drug-likeness (QED) is 0.607. The molecule has 0 bridgehead atoms. The Balaban J connectivity index is 2.40. The third-order valence-electron chi connectivity index (χ3n) is 1.78. The van der Waals surface area contributed by atoms with Gasteiger partial charge < -0.3 is 5.11 Å². The molecule has 8 heavy (non-hydrogen) atoms. The van der Waals surface area contributed by atoms with Crippen LogP contribution < -0.4 is 0 Å². The smallest absolute Gasteiger partial charge is 0.0584 e. The number of aliphatic hydroxyl groups excluding tert-OH is 1. The van der Waals surface area contributed by atoms with Crippen LogP contribution in [0.15, 0.2) is 0 Å². The highest BCUT2D eigenvalue weighted by atomic mass is 79.9. The maximum atomic E-state index is 8.78. The van der Waals surface area contributed by atoms with Crippen LogP contribution >= 0.6 is 15.9 Å². The van der Waals surface area contributed by atoms with Crippen molar-refractivity contribution >= 4 is 15.9 Å². The highest BCUT2D eigenvalue weighted by Crippen LogP contribution is 2.36. The molecule has 1 aliphatic carbocycles. The van der Waals surface area contributed by atoms with Crippen molar-refractivity contribution in [3.8, 4) is 0 Å². The Morgan fingerprint density at radius 3 is 2.12 bits per heavy atom. The van der Waals surface area contributed by atoms with Crippen LogP contribution in [0, 0.1) is 0 Å². The number of aliphatic hydroxyl groups is 1. The fourth-order valence-corrected chi connectivity index (χ4v) is 1.73. The number of halogens is 1. The lowest BCUT2D eigenvalue weighted by Crippen LogP contribution is -2.19. The molecule has 0 saturated heterocycles. The second kappa shape index (κ2) is 2.36. The minimum Gasteiger partial charge on any atom is -0.395 e. The van der Waals surface area contributed by atoms with Crippen LogP contribution in [0.2, 0.25) is 0 Å². The van der Waals surface area contributed by atoms with E-state index in [1.807, 2.05) is 0 Å². The first-order chi connectivity index (χ1) is 3.77. The van der Waals surface area contributed by atoms with Gasteiger partial charge >= 0.3 is 0 Å². The molecule has 0 heterocycles. The number of hydrogen-bond donors (Lipinski definition) is 1. The van der Waals surface area contributed by atoms with Gasteiger partial charge in [-0.25, -0.2) is 0 Å². The molecule has 1 saturated carbocycles. The predicted molar refractivity (Wildman–Crippen MR) is 37.2 cm³/mol. The summed E-state index contributed by atoms with van der Waals surface area (Å²) >= 11 is 3.49. The third kappa shape index (κ3) is 1.23. The summed E-state index contributed by atoms with van der Waals surface area (Å²) in [7, 11) is 0. The Morgan fingerprint density at radius 1 is 1.38 bits per heavy atom. The van der Waals surface area contributed by atoms with Crippen molar-refractivity contribution in [2.45, 2.75) is 30.0 Å². The Kier molecular flexibility index (Phi) is 1.93. The molecule has 0 aromatic rings. The van der Waals surface area contributed by atoms with Crippen LogP contribution in [0.3, 0.4) is 0 Å². The van der Waals surface area contributed by atoms with E-state index in [9.17, 15) is 0 Å². The molecule has 0 unspecified atom stereocenters. The highest BCUT2D eigenvalue weighted by molar-refractivity contribution is 9.10. The van der Waals surface area contributed by atoms with Gasteiger partial charge in [-0.2, -0.15) is 0 Å². The van der Waals surface area contributed by atoms with E-state index in [2.05, 4.69) is 15.9 Å². The normalized spacial score (nSPS) is 26.2. The average molecular weight is 179 g/mol. The minimum absolute atomic E-state index is 0.104. The van der Waals surface area contributed by atoms with Gasteiger partial charge in [0.15, 0.2) is 0 Å². The fourth-order valence-electron chi connectivity index (χ4n) is 1.17. The first-order valence-corrected chi connectivity index (χ1v) is 3.86. The molecule has 1 fully saturated rings. The van der Waals surface area contributed by atoms with Crippen LogP contribution in [-0.2, 0) is 0 Å². The topological polar surface area (TPSA) is 20.2 Å². The van der Waals surface area contributed by atoms with Crippen LogP contribution in [0.25, 0.3) is 0 Å². The number of rotatable bonds is 1. The third-order valence-corrected chi connectivity index (χ3v) is 2.83. The van der Waals surface area contributed by atoms with E-state index in [-0.39, 0.29) is 4.32 Å². The van der Waals surface area contributed by atoms with Gasteiger partial charge in [0.2, 0.25) is 0 Å². The zero-order chi connectivity index (χ0) is 6.04. The van der Waals surface area contributed by atoms with E-state index < -0.39 is 0 Å². The standard InChI is InChI=1S/C6H11BrO/c7-6(5-8)3-1-2-4-6/h8H,1-5H2. The zero-order valence-corrected chi connectivity index (χ0v) is 6.45. The van der Waals surface area contributed by atoms with E-state index >= 15 is 0 Å². The molecular weight excluding hydrogens is 168 g/mol. The molecule has 48 valence electrons. The SMILES string of the molecule is OCC1(Br)CCCC1. The molecule has 2 heteroatoms. The Bertz CT molecular complexity index is 76.6. The van der Waals surface area contributed by atoms with Gasteiger partial charge in [0.1, 0.15) is 0 Å². The van der Waals surface area contributed by atoms with Crippen LogP contribution in [-0.4, -0.2) is 16.0 Å². The van der Waals surface area contributed by atoms with Crippen molar-refractivity contribution in [2.75, 3.05) is 6.61 Å². The van der Waals surface area contributed by atoms with Crippen molar-refractivity contribution in [1.82, 2.24) is 0 Å². The van der Waals surface area contributed by atoms with E-state index in [1.165, 1.54) is 12.8 Å². The summed E-state index contributed by atoms with van der Waals surface area (Å²) in [5.41, 5.74) is 0. The van der Waals surface area contributed by atoms with Gasteiger partial charge in [0.25, 0.3) is 0 Å². The molecule has 1 rings (SSSR count). The molecular formula is C6H11BrO. The van der Waals surface area contributed by atoms with Gasteiger partial charge in [-0.05, 0) is 12.8 Å². The molecule has 1 aliphatic rings. The van der Waals surface area contributed by atoms with Crippen LogP contribution in [0.4, 0.5) is 0 Å². The van der Waals surface area contributed by atoms with Crippen molar-refractivity contribution in [1.29, 1.82) is 0 Å². The minimum atomic E-state index is 0.104. The zero-order valence-electron chi connectivity index (χ0n) is 4.86. The molecule has 0 spiro atoms. The monoisotopic (exact) mass is 178 g/mol. The lowest BCUT2D eigenvalue weighted by molar-refractivity contribution is 0.253. The van der Waals surface area contributed by atoms with E-state index in [0.29, 0.717) is 6.61 Å². The Labute approximate surface area is 58.2 Å². The lowest BCUT2D eigenvalue weighted by Gasteiger charge is -2.15. The fraction of sp³-hybridized carbons (Fsp3) is 1.00. The first kappa shape index (κ1) is 6.56. The molecule has 0 amide bonds. The molecule has 0 aromatic carbocycles. The maximum Gasteiger partial charge on any atom is 0.0584 e. The van der Waals surface area contributed by atoms with Gasteiger partial charge in [-0.3, -0.25) is 0 Å². The van der Waals surface area contributed by atoms with Crippen LogP contribution in [0.5, 0.6) is 0 Å². The Hall–Kier alpha value is 0.440. The van der Waals surface area contributed by atoms with E-state index in [0.717, 1.165) is 12.8 Å². The van der Waals surface area contributed by atoms with Gasteiger partial charge in [-0.1, -0.05) is 28.8 Å². The molecule has 0 radical (unpaired) electrons. The predicted octanol–water partition coefficient (Wildman–Crippen LogP) is 1.69. The summed E-state index contributed by atoms with van der Waals surface area (Å²) in [6, 6.07) is 0. The van der Waals surface area contributed by atoms with Gasteiger partial charge in [0, 0.05) is 4.32 Å². The maximum absolute atomic E-state index is 8.78. The Morgan fingerprint density at radius 2 is 1.88 bits per heavy atom. The largest absolute Gasteiger partial charge is 0.395 e. The second-order valence-corrected chi connectivity index (χ2v) is 4.20. The summed E-state index contributed by atoms with van der Waals surface area (Å²) in [6.07, 6.45) is 4.82. The molecule has 0 aromatic heterocycles. The van der Waals surface area contributed by atoms with Crippen molar-refractivity contribution in [3.05, 3.63) is 0 Å². The van der Waals surface area contributed by atoms with Crippen molar-refractivity contribution in [2.24, 2.45) is 0 Å². The van der Waals surface area contributed by atoms with Crippen molar-refractivity contribution in [3.63, 3.8) is 0 Å². The second-order valence-electron chi connectivity index (χ2n) is 2.52. The lowest BCUT2D eigenvalue weighted by atomic mass is 10.1. The number of hydrogen-bond acceptors (Lipinski definition) is 1. The summed E-state index contributed by atoms with van der Waals surface area (Å²) in [4.78, 5) is 0.